The SMILES string of the molecule is Cc1nc(CCc2ccc(C)c(N)c2)nc(C(C)C)n1. The predicted octanol–water partition coefficient (Wildman–Crippen LogP) is 2.98. The smallest absolute Gasteiger partial charge is 0.135 e. The first-order valence-corrected chi connectivity index (χ1v) is 7.02. The summed E-state index contributed by atoms with van der Waals surface area (Å²) in [5.74, 6) is 2.85. The molecule has 2 aromatic rings. The van der Waals surface area contributed by atoms with Crippen molar-refractivity contribution in [3.8, 4) is 0 Å². The van der Waals surface area contributed by atoms with Crippen LogP contribution in [0.15, 0.2) is 18.2 Å². The van der Waals surface area contributed by atoms with E-state index in [0.29, 0.717) is 5.92 Å². The molecule has 4 heteroatoms. The zero-order valence-corrected chi connectivity index (χ0v) is 12.6. The highest BCUT2D eigenvalue weighted by molar-refractivity contribution is 5.48. The van der Waals surface area contributed by atoms with E-state index in [2.05, 4.69) is 40.9 Å². The Morgan fingerprint density at radius 2 is 1.80 bits per heavy atom. The van der Waals surface area contributed by atoms with Crippen LogP contribution in [0, 0.1) is 13.8 Å². The van der Waals surface area contributed by atoms with Crippen LogP contribution in [0.4, 0.5) is 5.69 Å². The molecule has 106 valence electrons. The Labute approximate surface area is 120 Å². The fourth-order valence-electron chi connectivity index (χ4n) is 2.03. The van der Waals surface area contributed by atoms with Crippen molar-refractivity contribution < 1.29 is 0 Å². The second-order valence-electron chi connectivity index (χ2n) is 5.50. The van der Waals surface area contributed by atoms with Crippen LogP contribution in [0.25, 0.3) is 0 Å². The molecule has 0 radical (unpaired) electrons. The molecule has 1 heterocycles. The van der Waals surface area contributed by atoms with E-state index in [4.69, 9.17) is 5.73 Å². The summed E-state index contributed by atoms with van der Waals surface area (Å²) >= 11 is 0. The summed E-state index contributed by atoms with van der Waals surface area (Å²) < 4.78 is 0. The summed E-state index contributed by atoms with van der Waals surface area (Å²) in [6.07, 6.45) is 1.71. The number of anilines is 1. The number of nitrogens with zero attached hydrogens (tertiary/aromatic N) is 3. The van der Waals surface area contributed by atoms with E-state index >= 15 is 0 Å². The molecule has 0 saturated carbocycles. The van der Waals surface area contributed by atoms with Crippen LogP contribution >= 0.6 is 0 Å². The minimum atomic E-state index is 0.325. The van der Waals surface area contributed by atoms with Gasteiger partial charge in [0, 0.05) is 18.0 Å². The summed E-state index contributed by atoms with van der Waals surface area (Å²) in [5.41, 5.74) is 9.12. The van der Waals surface area contributed by atoms with Gasteiger partial charge in [0.1, 0.15) is 17.5 Å². The van der Waals surface area contributed by atoms with Gasteiger partial charge in [0.25, 0.3) is 0 Å². The van der Waals surface area contributed by atoms with Gasteiger partial charge >= 0.3 is 0 Å². The molecule has 0 amide bonds. The number of nitrogens with two attached hydrogens (primary N) is 1. The fourth-order valence-corrected chi connectivity index (χ4v) is 2.03. The Morgan fingerprint density at radius 3 is 2.45 bits per heavy atom. The third kappa shape index (κ3) is 3.53. The van der Waals surface area contributed by atoms with Crippen molar-refractivity contribution in [3.05, 3.63) is 46.8 Å². The maximum Gasteiger partial charge on any atom is 0.135 e. The van der Waals surface area contributed by atoms with Crippen LogP contribution in [0.1, 0.15) is 48.4 Å². The monoisotopic (exact) mass is 270 g/mol. The number of hydrogen-bond acceptors (Lipinski definition) is 4. The van der Waals surface area contributed by atoms with E-state index in [1.807, 2.05) is 19.9 Å². The molecule has 4 nitrogen and oxygen atoms in total. The molecule has 1 aromatic carbocycles. The van der Waals surface area contributed by atoms with Crippen molar-refractivity contribution in [1.82, 2.24) is 15.0 Å². The molecule has 0 spiro atoms. The van der Waals surface area contributed by atoms with Gasteiger partial charge in [0.05, 0.1) is 0 Å². The van der Waals surface area contributed by atoms with Crippen molar-refractivity contribution in [2.24, 2.45) is 0 Å². The number of rotatable bonds is 4. The normalized spacial score (nSPS) is 11.1. The van der Waals surface area contributed by atoms with Gasteiger partial charge < -0.3 is 5.73 Å². The molecule has 0 saturated heterocycles. The van der Waals surface area contributed by atoms with Crippen LogP contribution in [0.5, 0.6) is 0 Å². The van der Waals surface area contributed by atoms with Gasteiger partial charge in [0.2, 0.25) is 0 Å². The Kier molecular flexibility index (Phi) is 4.32. The lowest BCUT2D eigenvalue weighted by Gasteiger charge is -2.08. The molecule has 2 rings (SSSR count). The van der Waals surface area contributed by atoms with Gasteiger partial charge in [-0.1, -0.05) is 26.0 Å². The highest BCUT2D eigenvalue weighted by atomic mass is 15.0. The van der Waals surface area contributed by atoms with E-state index in [1.165, 1.54) is 5.56 Å². The number of nitrogen functional groups attached to an aromatic ring is 1. The Bertz CT molecular complexity index is 605. The zero-order chi connectivity index (χ0) is 14.7. The van der Waals surface area contributed by atoms with E-state index in [1.54, 1.807) is 0 Å². The molecule has 2 N–H and O–H groups in total. The molecular weight excluding hydrogens is 248 g/mol. The average molecular weight is 270 g/mol. The molecule has 0 aliphatic heterocycles. The molecule has 0 atom stereocenters. The highest BCUT2D eigenvalue weighted by Crippen LogP contribution is 2.15. The number of aromatic nitrogens is 3. The first-order valence-electron chi connectivity index (χ1n) is 7.02. The van der Waals surface area contributed by atoms with Gasteiger partial charge in [-0.25, -0.2) is 15.0 Å². The Morgan fingerprint density at radius 1 is 1.05 bits per heavy atom. The first kappa shape index (κ1) is 14.4. The topological polar surface area (TPSA) is 64.7 Å². The lowest BCUT2D eigenvalue weighted by Crippen LogP contribution is -2.08. The van der Waals surface area contributed by atoms with Crippen LogP contribution in [0.3, 0.4) is 0 Å². The van der Waals surface area contributed by atoms with Crippen LogP contribution < -0.4 is 5.73 Å². The zero-order valence-electron chi connectivity index (χ0n) is 12.6. The first-order chi connectivity index (χ1) is 9.45. The quantitative estimate of drug-likeness (QED) is 0.867. The summed E-state index contributed by atoms with van der Waals surface area (Å²) in [4.78, 5) is 13.3. The van der Waals surface area contributed by atoms with Gasteiger partial charge in [-0.15, -0.1) is 0 Å². The van der Waals surface area contributed by atoms with Crippen LogP contribution in [-0.2, 0) is 12.8 Å². The lowest BCUT2D eigenvalue weighted by molar-refractivity contribution is 0.709. The van der Waals surface area contributed by atoms with Crippen LogP contribution in [0.2, 0.25) is 0 Å². The van der Waals surface area contributed by atoms with Crippen LogP contribution in [-0.4, -0.2) is 15.0 Å². The highest BCUT2D eigenvalue weighted by Gasteiger charge is 2.08. The number of aryl methyl sites for hydroxylation is 4. The standard InChI is InChI=1S/C16H22N4/c1-10(2)16-19-12(4)18-15(20-16)8-7-13-6-5-11(3)14(17)9-13/h5-6,9-10H,7-8,17H2,1-4H3. The molecule has 0 fully saturated rings. The molecule has 0 aliphatic carbocycles. The van der Waals surface area contributed by atoms with E-state index in [9.17, 15) is 0 Å². The summed E-state index contributed by atoms with van der Waals surface area (Å²) in [6, 6.07) is 6.21. The maximum atomic E-state index is 5.94. The van der Waals surface area contributed by atoms with Gasteiger partial charge in [-0.3, -0.25) is 0 Å². The molecule has 0 aliphatic rings. The second kappa shape index (κ2) is 5.99. The molecule has 20 heavy (non-hydrogen) atoms. The number of benzene rings is 1. The average Bonchev–Trinajstić information content (AvgIpc) is 2.39. The molecular formula is C16H22N4. The van der Waals surface area contributed by atoms with Gasteiger partial charge in [0.15, 0.2) is 0 Å². The Hall–Kier alpha value is -1.97. The minimum Gasteiger partial charge on any atom is -0.399 e. The summed E-state index contributed by atoms with van der Waals surface area (Å²) in [7, 11) is 0. The van der Waals surface area contributed by atoms with Crippen molar-refractivity contribution in [1.29, 1.82) is 0 Å². The molecule has 0 unspecified atom stereocenters. The lowest BCUT2D eigenvalue weighted by atomic mass is 10.1. The predicted molar refractivity (Wildman–Crippen MR) is 81.7 cm³/mol. The van der Waals surface area contributed by atoms with E-state index in [0.717, 1.165) is 41.6 Å². The summed E-state index contributed by atoms with van der Waals surface area (Å²) in [5, 5.41) is 0. The fraction of sp³-hybridized carbons (Fsp3) is 0.438. The molecule has 0 bridgehead atoms. The largest absolute Gasteiger partial charge is 0.399 e. The second-order valence-corrected chi connectivity index (χ2v) is 5.50. The van der Waals surface area contributed by atoms with Gasteiger partial charge in [-0.2, -0.15) is 0 Å². The third-order valence-electron chi connectivity index (χ3n) is 3.31. The minimum absolute atomic E-state index is 0.325. The summed E-state index contributed by atoms with van der Waals surface area (Å²) in [6.45, 7) is 8.13. The van der Waals surface area contributed by atoms with E-state index in [-0.39, 0.29) is 0 Å². The van der Waals surface area contributed by atoms with Crippen molar-refractivity contribution in [3.63, 3.8) is 0 Å². The molecule has 1 aromatic heterocycles. The third-order valence-corrected chi connectivity index (χ3v) is 3.31. The Balaban J connectivity index is 2.12. The van der Waals surface area contributed by atoms with Crippen molar-refractivity contribution in [2.75, 3.05) is 5.73 Å². The van der Waals surface area contributed by atoms with Crippen molar-refractivity contribution >= 4 is 5.69 Å². The van der Waals surface area contributed by atoms with Gasteiger partial charge in [-0.05, 0) is 37.5 Å². The maximum absolute atomic E-state index is 5.94. The van der Waals surface area contributed by atoms with Crippen molar-refractivity contribution in [2.45, 2.75) is 46.5 Å². The van der Waals surface area contributed by atoms with E-state index < -0.39 is 0 Å². The number of hydrogen-bond donors (Lipinski definition) is 1.